The summed E-state index contributed by atoms with van der Waals surface area (Å²) in [4.78, 5) is 34.8. The number of nitriles is 1. The molecule has 0 bridgehead atoms. The lowest BCUT2D eigenvalue weighted by molar-refractivity contribution is -0.199. The Balaban J connectivity index is 1.42. The molecule has 0 unspecified atom stereocenters. The van der Waals surface area contributed by atoms with Crippen molar-refractivity contribution >= 4 is 27.5 Å². The number of ketones is 1. The van der Waals surface area contributed by atoms with Gasteiger partial charge in [0.05, 0.1) is 27.7 Å². The van der Waals surface area contributed by atoms with Crippen LogP contribution in [0.1, 0.15) is 38.5 Å². The second kappa shape index (κ2) is 8.76. The summed E-state index contributed by atoms with van der Waals surface area (Å²) in [5.74, 6) is -1.76. The van der Waals surface area contributed by atoms with Gasteiger partial charge in [-0.3, -0.25) is 9.59 Å². The van der Waals surface area contributed by atoms with Crippen LogP contribution in [0, 0.1) is 22.2 Å². The zero-order valence-corrected chi connectivity index (χ0v) is 20.9. The first-order chi connectivity index (χ1) is 17.8. The molecule has 1 aliphatic heterocycles. The Morgan fingerprint density at radius 2 is 1.68 bits per heavy atom. The number of sulfone groups is 1. The highest BCUT2D eigenvalue weighted by Gasteiger charge is 2.70. The molecule has 3 aliphatic rings. The van der Waals surface area contributed by atoms with E-state index < -0.39 is 69.2 Å². The van der Waals surface area contributed by atoms with Crippen LogP contribution in [0.2, 0.25) is 0 Å². The van der Waals surface area contributed by atoms with Crippen LogP contribution in [0.4, 0.5) is 19.1 Å². The quantitative estimate of drug-likeness (QED) is 0.556. The van der Waals surface area contributed by atoms with Crippen molar-refractivity contribution in [1.29, 1.82) is 5.26 Å². The van der Waals surface area contributed by atoms with Crippen LogP contribution in [0.25, 0.3) is 11.1 Å². The number of rotatable bonds is 7. The van der Waals surface area contributed by atoms with Crippen molar-refractivity contribution in [3.8, 4) is 17.2 Å². The maximum atomic E-state index is 13.8. The van der Waals surface area contributed by atoms with E-state index in [9.17, 15) is 36.4 Å². The maximum absolute atomic E-state index is 13.8. The van der Waals surface area contributed by atoms with Gasteiger partial charge in [0.15, 0.2) is 15.6 Å². The first-order valence-electron chi connectivity index (χ1n) is 12.1. The lowest BCUT2D eigenvalue weighted by atomic mass is 9.95. The summed E-state index contributed by atoms with van der Waals surface area (Å²) in [6.07, 6.45) is -2.23. The summed E-state index contributed by atoms with van der Waals surface area (Å²) < 4.78 is 68.3. The first kappa shape index (κ1) is 26.1. The van der Waals surface area contributed by atoms with E-state index in [0.717, 1.165) is 4.90 Å². The zero-order valence-electron chi connectivity index (χ0n) is 20.1. The van der Waals surface area contributed by atoms with Gasteiger partial charge in [-0.15, -0.1) is 0 Å². The van der Waals surface area contributed by atoms with E-state index in [1.54, 1.807) is 0 Å². The SMILES string of the molecule is N#CC1(CC(=O)[C@@H]2C[C@@H](S(=O)(=O)c3ccc(-c4cnc(N)nc4)cc3)CN2C(=O)C2(C(F)(F)F)CC2)CC1. The first-order valence-corrected chi connectivity index (χ1v) is 13.6. The summed E-state index contributed by atoms with van der Waals surface area (Å²) in [6, 6.07) is 6.52. The van der Waals surface area contributed by atoms with E-state index in [1.165, 1.54) is 36.7 Å². The molecule has 9 nitrogen and oxygen atoms in total. The molecule has 200 valence electrons. The van der Waals surface area contributed by atoms with Gasteiger partial charge >= 0.3 is 6.18 Å². The van der Waals surface area contributed by atoms with Crippen LogP contribution in [-0.2, 0) is 19.4 Å². The number of carbonyl (C=O) groups excluding carboxylic acids is 2. The molecule has 1 amide bonds. The maximum Gasteiger partial charge on any atom is 0.403 e. The Hall–Kier alpha value is -3.53. The Bertz CT molecular complexity index is 1430. The number of anilines is 1. The molecule has 0 spiro atoms. The molecule has 2 atom stereocenters. The van der Waals surface area contributed by atoms with E-state index in [2.05, 4.69) is 16.0 Å². The molecule has 3 fully saturated rings. The number of likely N-dealkylation sites (tertiary alicyclic amines) is 1. The fourth-order valence-electron chi connectivity index (χ4n) is 5.02. The third kappa shape index (κ3) is 4.40. The number of hydrogen-bond donors (Lipinski definition) is 1. The highest BCUT2D eigenvalue weighted by Crippen LogP contribution is 2.59. The number of carbonyl (C=O) groups is 2. The lowest BCUT2D eigenvalue weighted by Crippen LogP contribution is -2.49. The number of nitrogen functional groups attached to an aromatic ring is 1. The van der Waals surface area contributed by atoms with Gasteiger partial charge < -0.3 is 10.6 Å². The number of Topliss-reactive ketones (excluding diaryl/α,β-unsaturated/α-hetero) is 1. The fourth-order valence-corrected chi connectivity index (χ4v) is 6.71. The monoisotopic (exact) mass is 547 g/mol. The van der Waals surface area contributed by atoms with Gasteiger partial charge in [-0.25, -0.2) is 18.4 Å². The molecule has 5 rings (SSSR count). The standard InChI is InChI=1S/C25H24F3N5O4S/c26-25(27,28)24(7-8-24)21(35)33-13-18(9-19(33)20(34)10-23(14-29)5-6-23)38(36,37)17-3-1-15(2-4-17)16-11-31-22(30)32-12-16/h1-4,11-12,18-19H,5-10,13H2,(H2,30,31,32)/t18-,19+/m1/s1. The van der Waals surface area contributed by atoms with Crippen molar-refractivity contribution in [3.63, 3.8) is 0 Å². The van der Waals surface area contributed by atoms with Gasteiger partial charge in [0.25, 0.3) is 0 Å². The minimum absolute atomic E-state index is 0.0817. The summed E-state index contributed by atoms with van der Waals surface area (Å²) in [5.41, 5.74) is 3.24. The average molecular weight is 548 g/mol. The molecule has 1 saturated heterocycles. The van der Waals surface area contributed by atoms with Gasteiger partial charge in [-0.1, -0.05) is 12.1 Å². The van der Waals surface area contributed by atoms with Crippen molar-refractivity contribution < 1.29 is 31.2 Å². The van der Waals surface area contributed by atoms with Crippen LogP contribution in [-0.4, -0.2) is 59.0 Å². The molecule has 1 aromatic carbocycles. The molecule has 2 N–H and O–H groups in total. The minimum Gasteiger partial charge on any atom is -0.368 e. The summed E-state index contributed by atoms with van der Waals surface area (Å²) >= 11 is 0. The molecule has 2 saturated carbocycles. The van der Waals surface area contributed by atoms with Gasteiger partial charge in [-0.2, -0.15) is 18.4 Å². The van der Waals surface area contributed by atoms with Gasteiger partial charge in [0.1, 0.15) is 5.41 Å². The normalized spacial score (nSPS) is 23.5. The van der Waals surface area contributed by atoms with Crippen LogP contribution in [0.5, 0.6) is 0 Å². The third-order valence-corrected chi connectivity index (χ3v) is 9.98. The number of halogens is 3. The molecular formula is C25H24F3N5O4S. The highest BCUT2D eigenvalue weighted by atomic mass is 32.2. The van der Waals surface area contributed by atoms with E-state index >= 15 is 0 Å². The van der Waals surface area contributed by atoms with Crippen LogP contribution in [0.3, 0.4) is 0 Å². The second-order valence-corrected chi connectivity index (χ2v) is 12.6. The Kier molecular flexibility index (Phi) is 6.01. The predicted octanol–water partition coefficient (Wildman–Crippen LogP) is 3.07. The number of aromatic nitrogens is 2. The molecule has 38 heavy (non-hydrogen) atoms. The van der Waals surface area contributed by atoms with Gasteiger partial charge in [-0.05, 0) is 49.8 Å². The van der Waals surface area contributed by atoms with Crippen LogP contribution < -0.4 is 5.73 Å². The number of alkyl halides is 3. The van der Waals surface area contributed by atoms with E-state index in [1.807, 2.05) is 0 Å². The number of amides is 1. The van der Waals surface area contributed by atoms with Gasteiger partial charge in [0.2, 0.25) is 11.9 Å². The molecule has 0 radical (unpaired) electrons. The molecule has 13 heteroatoms. The largest absolute Gasteiger partial charge is 0.403 e. The molecule has 1 aromatic heterocycles. The Labute approximate surface area is 216 Å². The number of hydrogen-bond acceptors (Lipinski definition) is 8. The van der Waals surface area contributed by atoms with Crippen molar-refractivity contribution in [2.45, 2.75) is 60.9 Å². The molecule has 2 aromatic rings. The second-order valence-electron chi connectivity index (χ2n) is 10.3. The van der Waals surface area contributed by atoms with E-state index in [4.69, 9.17) is 5.73 Å². The topological polar surface area (TPSA) is 147 Å². The highest BCUT2D eigenvalue weighted by molar-refractivity contribution is 7.92. The predicted molar refractivity (Wildman–Crippen MR) is 128 cm³/mol. The van der Waals surface area contributed by atoms with Crippen molar-refractivity contribution in [1.82, 2.24) is 14.9 Å². The van der Waals surface area contributed by atoms with Crippen molar-refractivity contribution in [3.05, 3.63) is 36.7 Å². The molecule has 2 heterocycles. The lowest BCUT2D eigenvalue weighted by Gasteiger charge is -2.29. The Morgan fingerprint density at radius 3 is 2.18 bits per heavy atom. The smallest absolute Gasteiger partial charge is 0.368 e. The van der Waals surface area contributed by atoms with Crippen LogP contribution in [0.15, 0.2) is 41.6 Å². The number of benzene rings is 1. The summed E-state index contributed by atoms with van der Waals surface area (Å²) in [5, 5.41) is 8.11. The number of nitrogens with two attached hydrogens (primary N) is 1. The van der Waals surface area contributed by atoms with Crippen LogP contribution >= 0.6 is 0 Å². The van der Waals surface area contributed by atoms with E-state index in [0.29, 0.717) is 24.0 Å². The van der Waals surface area contributed by atoms with E-state index in [-0.39, 0.29) is 23.7 Å². The fraction of sp³-hybridized carbons (Fsp3) is 0.480. The summed E-state index contributed by atoms with van der Waals surface area (Å²) in [6.45, 7) is -0.525. The average Bonchev–Trinajstić information content (AvgIpc) is 3.80. The zero-order chi connectivity index (χ0) is 27.5. The van der Waals surface area contributed by atoms with Crippen molar-refractivity contribution in [2.24, 2.45) is 10.8 Å². The van der Waals surface area contributed by atoms with Crippen molar-refractivity contribution in [2.75, 3.05) is 12.3 Å². The molecule has 2 aliphatic carbocycles. The minimum atomic E-state index is -4.80. The summed E-state index contributed by atoms with van der Waals surface area (Å²) in [7, 11) is -4.12. The Morgan fingerprint density at radius 1 is 1.08 bits per heavy atom. The van der Waals surface area contributed by atoms with Gasteiger partial charge in [0, 0.05) is 30.9 Å². The number of nitrogens with zero attached hydrogens (tertiary/aromatic N) is 4. The molecular weight excluding hydrogens is 523 g/mol. The third-order valence-electron chi connectivity index (χ3n) is 7.83.